The summed E-state index contributed by atoms with van der Waals surface area (Å²) in [5.74, 6) is -0.434. The summed E-state index contributed by atoms with van der Waals surface area (Å²) < 4.78 is 0. The van der Waals surface area contributed by atoms with Crippen LogP contribution in [-0.2, 0) is 11.3 Å². The molecule has 0 aromatic heterocycles. The molecule has 3 aromatic rings. The molecule has 5 nitrogen and oxygen atoms in total. The van der Waals surface area contributed by atoms with Gasteiger partial charge in [-0.2, -0.15) is 0 Å². The maximum absolute atomic E-state index is 12.4. The van der Waals surface area contributed by atoms with Crippen molar-refractivity contribution in [2.24, 2.45) is 0 Å². The first-order valence-electron chi connectivity index (χ1n) is 8.82. The first kappa shape index (κ1) is 19.5. The van der Waals surface area contributed by atoms with E-state index in [4.69, 9.17) is 11.6 Å². The van der Waals surface area contributed by atoms with Gasteiger partial charge >= 0.3 is 0 Å². The zero-order chi connectivity index (χ0) is 19.8. The van der Waals surface area contributed by atoms with Crippen LogP contribution in [0, 0.1) is 0 Å². The van der Waals surface area contributed by atoms with E-state index in [1.54, 1.807) is 36.4 Å². The molecule has 0 saturated heterocycles. The predicted molar refractivity (Wildman–Crippen MR) is 113 cm³/mol. The van der Waals surface area contributed by atoms with Crippen LogP contribution in [0.4, 0.5) is 11.4 Å². The molecule has 0 unspecified atom stereocenters. The van der Waals surface area contributed by atoms with Crippen LogP contribution < -0.4 is 16.0 Å². The Balaban J connectivity index is 1.54. The SMILES string of the molecule is O=C(CNc1ccccc1Cl)Nc1cccc(C(=O)NCc2ccccc2)c1. The summed E-state index contributed by atoms with van der Waals surface area (Å²) in [5.41, 5.74) is 2.74. The monoisotopic (exact) mass is 393 g/mol. The molecule has 0 aliphatic rings. The average Bonchev–Trinajstić information content (AvgIpc) is 2.72. The molecule has 0 heterocycles. The fraction of sp³-hybridized carbons (Fsp3) is 0.0909. The van der Waals surface area contributed by atoms with Crippen molar-refractivity contribution in [2.45, 2.75) is 6.54 Å². The topological polar surface area (TPSA) is 70.2 Å². The normalized spacial score (nSPS) is 10.2. The fourth-order valence-electron chi connectivity index (χ4n) is 2.60. The third kappa shape index (κ3) is 5.59. The van der Waals surface area contributed by atoms with Gasteiger partial charge in [-0.25, -0.2) is 0 Å². The van der Waals surface area contributed by atoms with Crippen molar-refractivity contribution in [3.63, 3.8) is 0 Å². The van der Waals surface area contributed by atoms with Gasteiger partial charge in [-0.3, -0.25) is 9.59 Å². The van der Waals surface area contributed by atoms with Crippen LogP contribution in [-0.4, -0.2) is 18.4 Å². The molecule has 6 heteroatoms. The molecule has 3 rings (SSSR count). The van der Waals surface area contributed by atoms with Crippen molar-refractivity contribution in [1.82, 2.24) is 5.32 Å². The van der Waals surface area contributed by atoms with Gasteiger partial charge in [0.1, 0.15) is 0 Å². The Morgan fingerprint density at radius 3 is 2.39 bits per heavy atom. The zero-order valence-corrected chi connectivity index (χ0v) is 15.9. The van der Waals surface area contributed by atoms with Gasteiger partial charge in [0.05, 0.1) is 17.3 Å². The van der Waals surface area contributed by atoms with Crippen LogP contribution in [0.15, 0.2) is 78.9 Å². The van der Waals surface area contributed by atoms with Gasteiger partial charge in [-0.15, -0.1) is 0 Å². The number of carbonyl (C=O) groups is 2. The average molecular weight is 394 g/mol. The van der Waals surface area contributed by atoms with Gasteiger partial charge < -0.3 is 16.0 Å². The molecule has 2 amide bonds. The van der Waals surface area contributed by atoms with Crippen LogP contribution in [0.2, 0.25) is 5.02 Å². The van der Waals surface area contributed by atoms with Crippen LogP contribution in [0.3, 0.4) is 0 Å². The van der Waals surface area contributed by atoms with E-state index in [9.17, 15) is 9.59 Å². The summed E-state index contributed by atoms with van der Waals surface area (Å²) in [6.45, 7) is 0.506. The van der Waals surface area contributed by atoms with E-state index in [1.165, 1.54) is 0 Å². The summed E-state index contributed by atoms with van der Waals surface area (Å²) in [5, 5.41) is 9.18. The second kappa shape index (κ2) is 9.58. The minimum absolute atomic E-state index is 0.0637. The van der Waals surface area contributed by atoms with Gasteiger partial charge in [-0.05, 0) is 35.9 Å². The second-order valence-corrected chi connectivity index (χ2v) is 6.54. The van der Waals surface area contributed by atoms with Crippen LogP contribution in [0.1, 0.15) is 15.9 Å². The molecular weight excluding hydrogens is 374 g/mol. The molecule has 0 spiro atoms. The molecule has 0 radical (unpaired) electrons. The summed E-state index contributed by atoms with van der Waals surface area (Å²) in [6.07, 6.45) is 0. The molecule has 0 aliphatic heterocycles. The second-order valence-electron chi connectivity index (χ2n) is 6.13. The molecule has 3 aromatic carbocycles. The van der Waals surface area contributed by atoms with Crippen molar-refractivity contribution in [3.05, 3.63) is 95.0 Å². The summed E-state index contributed by atoms with van der Waals surface area (Å²) in [4.78, 5) is 24.5. The third-order valence-electron chi connectivity index (χ3n) is 4.02. The van der Waals surface area contributed by atoms with Crippen LogP contribution in [0.5, 0.6) is 0 Å². The zero-order valence-electron chi connectivity index (χ0n) is 15.1. The number of nitrogens with one attached hydrogen (secondary N) is 3. The highest BCUT2D eigenvalue weighted by molar-refractivity contribution is 6.33. The number of para-hydroxylation sites is 1. The number of anilines is 2. The van der Waals surface area contributed by atoms with E-state index < -0.39 is 0 Å². The number of amides is 2. The van der Waals surface area contributed by atoms with Crippen molar-refractivity contribution < 1.29 is 9.59 Å². The Kier molecular flexibility index (Phi) is 6.65. The van der Waals surface area contributed by atoms with Gasteiger partial charge in [0, 0.05) is 17.8 Å². The lowest BCUT2D eigenvalue weighted by molar-refractivity contribution is -0.114. The lowest BCUT2D eigenvalue weighted by Gasteiger charge is -2.10. The highest BCUT2D eigenvalue weighted by Gasteiger charge is 2.08. The quantitative estimate of drug-likeness (QED) is 0.559. The minimum atomic E-state index is -0.234. The van der Waals surface area contributed by atoms with E-state index in [1.807, 2.05) is 42.5 Å². The Labute approximate surface area is 168 Å². The Morgan fingerprint density at radius 2 is 1.61 bits per heavy atom. The molecule has 0 atom stereocenters. The highest BCUT2D eigenvalue weighted by Crippen LogP contribution is 2.20. The maximum atomic E-state index is 12.4. The molecule has 0 fully saturated rings. The maximum Gasteiger partial charge on any atom is 0.251 e. The molecule has 28 heavy (non-hydrogen) atoms. The van der Waals surface area contributed by atoms with Gasteiger partial charge in [0.15, 0.2) is 0 Å². The molecule has 0 aliphatic carbocycles. The van der Waals surface area contributed by atoms with Gasteiger partial charge in [-0.1, -0.05) is 60.1 Å². The predicted octanol–water partition coefficient (Wildman–Crippen LogP) is 4.32. The van der Waals surface area contributed by atoms with Crippen molar-refractivity contribution in [2.75, 3.05) is 17.2 Å². The number of benzene rings is 3. The fourth-order valence-corrected chi connectivity index (χ4v) is 2.81. The molecule has 3 N–H and O–H groups in total. The van der Waals surface area contributed by atoms with Gasteiger partial charge in [0.25, 0.3) is 5.91 Å². The first-order valence-corrected chi connectivity index (χ1v) is 9.20. The summed E-state index contributed by atoms with van der Waals surface area (Å²) in [6, 6.07) is 23.7. The number of carbonyl (C=O) groups excluding carboxylic acids is 2. The summed E-state index contributed by atoms with van der Waals surface area (Å²) in [7, 11) is 0. The Hall–Kier alpha value is -3.31. The number of hydrogen-bond donors (Lipinski definition) is 3. The van der Waals surface area contributed by atoms with Crippen molar-refractivity contribution in [1.29, 1.82) is 0 Å². The van der Waals surface area contributed by atoms with E-state index in [2.05, 4.69) is 16.0 Å². The Bertz CT molecular complexity index is 961. The lowest BCUT2D eigenvalue weighted by Crippen LogP contribution is -2.24. The number of rotatable bonds is 7. The molecule has 0 bridgehead atoms. The lowest BCUT2D eigenvalue weighted by atomic mass is 10.1. The largest absolute Gasteiger partial charge is 0.375 e. The van der Waals surface area contributed by atoms with E-state index in [-0.39, 0.29) is 18.4 Å². The molecule has 0 saturated carbocycles. The van der Waals surface area contributed by atoms with Crippen molar-refractivity contribution >= 4 is 34.8 Å². The smallest absolute Gasteiger partial charge is 0.251 e. The molecular formula is C22H20ClN3O2. The summed E-state index contributed by atoms with van der Waals surface area (Å²) >= 11 is 6.06. The first-order chi connectivity index (χ1) is 13.6. The Morgan fingerprint density at radius 1 is 0.857 bits per heavy atom. The van der Waals surface area contributed by atoms with E-state index in [0.717, 1.165) is 5.56 Å². The third-order valence-corrected chi connectivity index (χ3v) is 4.35. The van der Waals surface area contributed by atoms with Gasteiger partial charge in [0.2, 0.25) is 5.91 Å². The van der Waals surface area contributed by atoms with Crippen LogP contribution in [0.25, 0.3) is 0 Å². The van der Waals surface area contributed by atoms with Crippen molar-refractivity contribution in [3.8, 4) is 0 Å². The minimum Gasteiger partial charge on any atom is -0.375 e. The number of hydrogen-bond acceptors (Lipinski definition) is 3. The van der Waals surface area contributed by atoms with Crippen LogP contribution >= 0.6 is 11.6 Å². The number of halogens is 1. The molecule has 142 valence electrons. The standard InChI is InChI=1S/C22H20ClN3O2/c23-19-11-4-5-12-20(19)24-15-21(27)26-18-10-6-9-17(13-18)22(28)25-14-16-7-2-1-3-8-16/h1-13,24H,14-15H2,(H,25,28)(H,26,27). The highest BCUT2D eigenvalue weighted by atomic mass is 35.5. The van der Waals surface area contributed by atoms with E-state index in [0.29, 0.717) is 28.5 Å². The van der Waals surface area contributed by atoms with E-state index >= 15 is 0 Å².